The van der Waals surface area contributed by atoms with Crippen molar-refractivity contribution >= 4 is 27.6 Å². The molecule has 0 spiro atoms. The smallest absolute Gasteiger partial charge is 0.329 e. The van der Waals surface area contributed by atoms with Gasteiger partial charge in [0.15, 0.2) is 0 Å². The van der Waals surface area contributed by atoms with Gasteiger partial charge in [0.1, 0.15) is 15.7 Å². The second-order valence-electron chi connectivity index (χ2n) is 1.57. The van der Waals surface area contributed by atoms with Crippen molar-refractivity contribution in [1.82, 2.24) is 0 Å². The molecule has 0 aromatic rings. The number of aliphatic carboxylic acids is 1. The zero-order chi connectivity index (χ0) is 8.85. The molecule has 0 atom stereocenters. The SMILES string of the molecule is [B]C([B])OC(=O)/C=C/C(=O)O. The molecule has 11 heavy (non-hydrogen) atoms. The van der Waals surface area contributed by atoms with Crippen LogP contribution in [0.1, 0.15) is 0 Å². The first-order valence-electron chi connectivity index (χ1n) is 2.65. The first kappa shape index (κ1) is 9.81. The largest absolute Gasteiger partial charge is 0.480 e. The van der Waals surface area contributed by atoms with E-state index < -0.39 is 17.8 Å². The van der Waals surface area contributed by atoms with E-state index in [1.165, 1.54) is 0 Å². The third kappa shape index (κ3) is 6.70. The molecule has 0 bridgehead atoms. The van der Waals surface area contributed by atoms with Gasteiger partial charge in [-0.25, -0.2) is 9.59 Å². The molecule has 0 saturated carbocycles. The number of hydrogen-bond acceptors (Lipinski definition) is 3. The number of esters is 1. The fraction of sp³-hybridized carbons (Fsp3) is 0.200. The average molecular weight is 150 g/mol. The molecule has 0 aliphatic heterocycles. The van der Waals surface area contributed by atoms with Crippen molar-refractivity contribution in [2.24, 2.45) is 0 Å². The lowest BCUT2D eigenvalue weighted by Crippen LogP contribution is -2.16. The standard InChI is InChI=1S/C5H4B2O4/c6-5(7)11-4(10)2-1-3(8)9/h1-2,5H,(H,8,9)/b2-1+. The highest BCUT2D eigenvalue weighted by Gasteiger charge is 1.99. The molecule has 0 heterocycles. The second-order valence-corrected chi connectivity index (χ2v) is 1.57. The highest BCUT2D eigenvalue weighted by molar-refractivity contribution is 6.35. The van der Waals surface area contributed by atoms with Crippen molar-refractivity contribution in [3.8, 4) is 0 Å². The molecule has 0 saturated heterocycles. The molecule has 0 fully saturated rings. The van der Waals surface area contributed by atoms with Crippen LogP contribution in [-0.4, -0.2) is 38.6 Å². The van der Waals surface area contributed by atoms with Crippen molar-refractivity contribution in [2.45, 2.75) is 5.90 Å². The van der Waals surface area contributed by atoms with Crippen LogP contribution in [0.3, 0.4) is 0 Å². The fourth-order valence-electron chi connectivity index (χ4n) is 0.313. The maximum absolute atomic E-state index is 10.4. The van der Waals surface area contributed by atoms with Crippen LogP contribution >= 0.6 is 0 Å². The fourth-order valence-corrected chi connectivity index (χ4v) is 0.313. The van der Waals surface area contributed by atoms with Crippen LogP contribution in [0.15, 0.2) is 12.2 Å². The summed E-state index contributed by atoms with van der Waals surface area (Å²) >= 11 is 0. The Morgan fingerprint density at radius 1 is 1.36 bits per heavy atom. The summed E-state index contributed by atoms with van der Waals surface area (Å²) in [5, 5.41) is 8.04. The third-order valence-electron chi connectivity index (χ3n) is 0.614. The molecule has 0 aliphatic carbocycles. The molecule has 0 aromatic heterocycles. The van der Waals surface area contributed by atoms with Crippen LogP contribution in [0, 0.1) is 0 Å². The van der Waals surface area contributed by atoms with Crippen molar-refractivity contribution in [1.29, 1.82) is 0 Å². The number of hydrogen-bond donors (Lipinski definition) is 1. The van der Waals surface area contributed by atoms with E-state index >= 15 is 0 Å². The van der Waals surface area contributed by atoms with E-state index in [9.17, 15) is 9.59 Å². The van der Waals surface area contributed by atoms with Gasteiger partial charge in [-0.3, -0.25) is 0 Å². The van der Waals surface area contributed by atoms with Gasteiger partial charge < -0.3 is 9.84 Å². The van der Waals surface area contributed by atoms with Gasteiger partial charge in [0, 0.05) is 18.1 Å². The Balaban J connectivity index is 3.78. The summed E-state index contributed by atoms with van der Waals surface area (Å²) in [5.74, 6) is -3.35. The van der Waals surface area contributed by atoms with E-state index in [-0.39, 0.29) is 0 Å². The monoisotopic (exact) mass is 150 g/mol. The predicted octanol–water partition coefficient (Wildman–Crippen LogP) is -1.21. The molecular weight excluding hydrogens is 146 g/mol. The van der Waals surface area contributed by atoms with Crippen LogP contribution in [0.25, 0.3) is 0 Å². The maximum atomic E-state index is 10.4. The number of carboxylic acid groups (broad SMARTS) is 1. The number of rotatable bonds is 3. The van der Waals surface area contributed by atoms with E-state index in [1.807, 2.05) is 0 Å². The third-order valence-corrected chi connectivity index (χ3v) is 0.614. The van der Waals surface area contributed by atoms with E-state index in [2.05, 4.69) is 4.74 Å². The second kappa shape index (κ2) is 4.60. The summed E-state index contributed by atoms with van der Waals surface area (Å²) in [5.41, 5.74) is 0. The molecule has 6 heteroatoms. The Kier molecular flexibility index (Phi) is 4.10. The Hall–Kier alpha value is -1.19. The number of ether oxygens (including phenoxy) is 1. The van der Waals surface area contributed by atoms with Gasteiger partial charge in [0.2, 0.25) is 0 Å². The molecule has 54 valence electrons. The van der Waals surface area contributed by atoms with Gasteiger partial charge in [-0.1, -0.05) is 0 Å². The molecule has 0 rings (SSSR count). The Morgan fingerprint density at radius 2 is 1.91 bits per heavy atom. The molecule has 0 unspecified atom stereocenters. The quantitative estimate of drug-likeness (QED) is 0.311. The van der Waals surface area contributed by atoms with Crippen LogP contribution in [0.2, 0.25) is 0 Å². The first-order valence-corrected chi connectivity index (χ1v) is 2.65. The van der Waals surface area contributed by atoms with Gasteiger partial charge >= 0.3 is 11.9 Å². The van der Waals surface area contributed by atoms with Gasteiger partial charge in [0.05, 0.1) is 0 Å². The summed E-state index contributed by atoms with van der Waals surface area (Å²) in [6, 6.07) is 0. The summed E-state index contributed by atoms with van der Waals surface area (Å²) < 4.78 is 4.17. The Morgan fingerprint density at radius 3 is 2.27 bits per heavy atom. The maximum Gasteiger partial charge on any atom is 0.329 e. The molecule has 0 aromatic carbocycles. The Labute approximate surface area is 66.0 Å². The number of carboxylic acids is 1. The Bertz CT molecular complexity index is 187. The number of carbonyl (C=O) groups excluding carboxylic acids is 1. The molecule has 4 nitrogen and oxygen atoms in total. The molecule has 0 amide bonds. The zero-order valence-corrected chi connectivity index (χ0v) is 5.56. The molecule has 0 aliphatic rings. The van der Waals surface area contributed by atoms with Crippen molar-refractivity contribution in [2.75, 3.05) is 0 Å². The lowest BCUT2D eigenvalue weighted by Gasteiger charge is -2.03. The van der Waals surface area contributed by atoms with Crippen LogP contribution in [-0.2, 0) is 14.3 Å². The molecule has 4 radical (unpaired) electrons. The van der Waals surface area contributed by atoms with Crippen molar-refractivity contribution < 1.29 is 19.4 Å². The topological polar surface area (TPSA) is 63.6 Å². The summed E-state index contributed by atoms with van der Waals surface area (Å²) in [4.78, 5) is 20.3. The van der Waals surface area contributed by atoms with Crippen LogP contribution in [0.5, 0.6) is 0 Å². The van der Waals surface area contributed by atoms with Gasteiger partial charge in [-0.05, 0) is 0 Å². The molecular formula is C5H4B2O4. The normalized spacial score (nSPS) is 10.3. The van der Waals surface area contributed by atoms with E-state index in [4.69, 9.17) is 20.8 Å². The van der Waals surface area contributed by atoms with Crippen LogP contribution in [0.4, 0.5) is 0 Å². The summed E-state index contributed by atoms with van der Waals surface area (Å²) in [7, 11) is 9.71. The predicted molar refractivity (Wildman–Crippen MR) is 38.2 cm³/mol. The summed E-state index contributed by atoms with van der Waals surface area (Å²) in [6.45, 7) is 0. The first-order chi connectivity index (χ1) is 5.02. The minimum absolute atomic E-state index is 0.630. The van der Waals surface area contributed by atoms with Crippen molar-refractivity contribution in [3.63, 3.8) is 0 Å². The molecule has 1 N–H and O–H groups in total. The van der Waals surface area contributed by atoms with E-state index in [0.29, 0.717) is 6.08 Å². The summed E-state index contributed by atoms with van der Waals surface area (Å²) in [6.07, 6.45) is 1.35. The zero-order valence-electron chi connectivity index (χ0n) is 5.56. The van der Waals surface area contributed by atoms with Gasteiger partial charge in [-0.15, -0.1) is 0 Å². The minimum Gasteiger partial charge on any atom is -0.480 e. The number of carbonyl (C=O) groups is 2. The lowest BCUT2D eigenvalue weighted by molar-refractivity contribution is -0.138. The van der Waals surface area contributed by atoms with Gasteiger partial charge in [0.25, 0.3) is 0 Å². The highest BCUT2D eigenvalue weighted by Crippen LogP contribution is 1.84. The van der Waals surface area contributed by atoms with E-state index in [0.717, 1.165) is 6.08 Å². The van der Waals surface area contributed by atoms with E-state index in [1.54, 1.807) is 0 Å². The van der Waals surface area contributed by atoms with Crippen LogP contribution < -0.4 is 0 Å². The minimum atomic E-state index is -1.24. The van der Waals surface area contributed by atoms with Gasteiger partial charge in [-0.2, -0.15) is 0 Å². The average Bonchev–Trinajstić information content (AvgIpc) is 1.82. The van der Waals surface area contributed by atoms with Crippen molar-refractivity contribution in [3.05, 3.63) is 12.2 Å². The highest BCUT2D eigenvalue weighted by atomic mass is 16.5. The lowest BCUT2D eigenvalue weighted by atomic mass is 9.82.